The molecule has 0 unspecified atom stereocenters. The Balaban J connectivity index is 1.97. The van der Waals surface area contributed by atoms with Crippen LogP contribution in [-0.2, 0) is 25.5 Å². The summed E-state index contributed by atoms with van der Waals surface area (Å²) in [5.41, 5.74) is 2.61. The van der Waals surface area contributed by atoms with E-state index in [1.807, 2.05) is 18.4 Å². The van der Waals surface area contributed by atoms with E-state index in [-0.39, 0.29) is 24.1 Å². The number of carbonyl (C=O) groups excluding carboxylic acids is 3. The van der Waals surface area contributed by atoms with E-state index < -0.39 is 5.97 Å². The number of hydrogen-bond donors (Lipinski definition) is 1. The van der Waals surface area contributed by atoms with Crippen LogP contribution in [0.15, 0.2) is 35.2 Å². The molecule has 0 spiro atoms. The van der Waals surface area contributed by atoms with E-state index in [0.717, 1.165) is 11.4 Å². The Morgan fingerprint density at radius 2 is 1.75 bits per heavy atom. The number of amides is 1. The molecule has 1 aromatic heterocycles. The second kappa shape index (κ2) is 13.0. The molecule has 2 aromatic rings. The lowest BCUT2D eigenvalue weighted by atomic mass is 10.1. The van der Waals surface area contributed by atoms with Gasteiger partial charge in [0.05, 0.1) is 24.5 Å². The highest BCUT2D eigenvalue weighted by Crippen LogP contribution is 2.23. The van der Waals surface area contributed by atoms with E-state index in [0.29, 0.717) is 42.3 Å². The average molecular weight is 463 g/mol. The van der Waals surface area contributed by atoms with Crippen LogP contribution < -0.4 is 5.32 Å². The predicted molar refractivity (Wildman–Crippen MR) is 122 cm³/mol. The topological polar surface area (TPSA) is 95.9 Å². The molecular weight excluding hydrogens is 432 g/mol. The minimum atomic E-state index is -0.602. The molecule has 0 radical (unpaired) electrons. The fourth-order valence-electron chi connectivity index (χ4n) is 3.14. The molecule has 0 atom stereocenters. The normalized spacial score (nSPS) is 10.8. The second-order valence-corrected chi connectivity index (χ2v) is 8.07. The lowest BCUT2D eigenvalue weighted by Crippen LogP contribution is -2.28. The Morgan fingerprint density at radius 1 is 1.03 bits per heavy atom. The van der Waals surface area contributed by atoms with Crippen LogP contribution in [0.2, 0.25) is 0 Å². The van der Waals surface area contributed by atoms with Gasteiger partial charge < -0.3 is 24.1 Å². The van der Waals surface area contributed by atoms with E-state index >= 15 is 0 Å². The third-order valence-corrected chi connectivity index (χ3v) is 5.90. The van der Waals surface area contributed by atoms with Crippen LogP contribution in [0, 0.1) is 13.8 Å². The molecule has 0 aliphatic rings. The molecule has 0 saturated heterocycles. The molecule has 9 heteroatoms. The highest BCUT2D eigenvalue weighted by atomic mass is 32.2. The number of esters is 1. The molecule has 1 aromatic carbocycles. The first-order valence-corrected chi connectivity index (χ1v) is 11.2. The smallest absolute Gasteiger partial charge is 0.339 e. The maximum absolute atomic E-state index is 12.7. The SMILES string of the molecule is COCCNC(=O)CSc1ccccc1C(=O)OCC(=O)c1cc(C)n(CCOC)c1C. The number of nitrogens with zero attached hydrogens (tertiary/aromatic N) is 1. The molecule has 1 amide bonds. The zero-order valence-electron chi connectivity index (χ0n) is 18.9. The van der Waals surface area contributed by atoms with Crippen LogP contribution >= 0.6 is 11.8 Å². The third kappa shape index (κ3) is 7.22. The number of benzene rings is 1. The Hall–Kier alpha value is -2.62. The fraction of sp³-hybridized carbons (Fsp3) is 0.435. The van der Waals surface area contributed by atoms with Gasteiger partial charge in [-0.3, -0.25) is 9.59 Å². The summed E-state index contributed by atoms with van der Waals surface area (Å²) in [6, 6.07) is 8.66. The van der Waals surface area contributed by atoms with E-state index in [1.165, 1.54) is 11.8 Å². The minimum Gasteiger partial charge on any atom is -0.454 e. The number of Topliss-reactive ketones (excluding diaryl/α,β-unsaturated/α-hetero) is 1. The van der Waals surface area contributed by atoms with E-state index in [9.17, 15) is 14.4 Å². The van der Waals surface area contributed by atoms with Crippen LogP contribution in [0.1, 0.15) is 32.1 Å². The van der Waals surface area contributed by atoms with Crippen molar-refractivity contribution < 1.29 is 28.6 Å². The molecule has 0 fully saturated rings. The number of thioether (sulfide) groups is 1. The second-order valence-electron chi connectivity index (χ2n) is 7.06. The lowest BCUT2D eigenvalue weighted by Gasteiger charge is -2.10. The van der Waals surface area contributed by atoms with Gasteiger partial charge in [0.1, 0.15) is 0 Å². The minimum absolute atomic E-state index is 0.153. The van der Waals surface area contributed by atoms with Gasteiger partial charge in [0.2, 0.25) is 11.7 Å². The van der Waals surface area contributed by atoms with Crippen LogP contribution in [-0.4, -0.2) is 68.6 Å². The van der Waals surface area contributed by atoms with Crippen molar-refractivity contribution in [3.63, 3.8) is 0 Å². The molecular formula is C23H30N2O6S. The van der Waals surface area contributed by atoms with Gasteiger partial charge >= 0.3 is 5.97 Å². The van der Waals surface area contributed by atoms with Crippen molar-refractivity contribution in [3.8, 4) is 0 Å². The molecule has 8 nitrogen and oxygen atoms in total. The molecule has 0 aliphatic heterocycles. The highest BCUT2D eigenvalue weighted by molar-refractivity contribution is 8.00. The number of hydrogen-bond acceptors (Lipinski definition) is 7. The number of ether oxygens (including phenoxy) is 3. The van der Waals surface area contributed by atoms with Crippen molar-refractivity contribution in [3.05, 3.63) is 52.8 Å². The van der Waals surface area contributed by atoms with Gasteiger partial charge in [-0.25, -0.2) is 4.79 Å². The van der Waals surface area contributed by atoms with E-state index in [1.54, 1.807) is 44.6 Å². The van der Waals surface area contributed by atoms with Crippen LogP contribution in [0.25, 0.3) is 0 Å². The number of ketones is 1. The molecule has 32 heavy (non-hydrogen) atoms. The summed E-state index contributed by atoms with van der Waals surface area (Å²) >= 11 is 1.23. The van der Waals surface area contributed by atoms with Crippen molar-refractivity contribution in [2.24, 2.45) is 0 Å². The third-order valence-electron chi connectivity index (χ3n) is 4.82. The Labute approximate surface area is 192 Å². The van der Waals surface area contributed by atoms with Crippen molar-refractivity contribution in [1.29, 1.82) is 0 Å². The van der Waals surface area contributed by atoms with Crippen molar-refractivity contribution in [2.45, 2.75) is 25.3 Å². The molecule has 0 bridgehead atoms. The van der Waals surface area contributed by atoms with E-state index in [2.05, 4.69) is 5.32 Å². The lowest BCUT2D eigenvalue weighted by molar-refractivity contribution is -0.118. The Morgan fingerprint density at radius 3 is 2.47 bits per heavy atom. The van der Waals surface area contributed by atoms with Crippen molar-refractivity contribution in [1.82, 2.24) is 9.88 Å². The molecule has 1 N–H and O–H groups in total. The summed E-state index contributed by atoms with van der Waals surface area (Å²) in [6.45, 7) is 5.47. The summed E-state index contributed by atoms with van der Waals surface area (Å²) in [7, 11) is 3.19. The number of methoxy groups -OCH3 is 2. The molecule has 1 heterocycles. The zero-order chi connectivity index (χ0) is 23.5. The molecule has 0 saturated carbocycles. The summed E-state index contributed by atoms with van der Waals surface area (Å²) in [4.78, 5) is 37.8. The van der Waals surface area contributed by atoms with Crippen LogP contribution in [0.4, 0.5) is 0 Å². The largest absolute Gasteiger partial charge is 0.454 e. The number of nitrogens with one attached hydrogen (secondary N) is 1. The number of carbonyl (C=O) groups is 3. The fourth-order valence-corrected chi connectivity index (χ4v) is 4.01. The number of aryl methyl sites for hydroxylation is 1. The van der Waals surface area contributed by atoms with Gasteiger partial charge in [-0.05, 0) is 32.0 Å². The number of aromatic nitrogens is 1. The first-order valence-electron chi connectivity index (χ1n) is 10.2. The summed E-state index contributed by atoms with van der Waals surface area (Å²) in [5, 5.41) is 2.73. The Bertz CT molecular complexity index is 941. The molecule has 0 aliphatic carbocycles. The quantitative estimate of drug-likeness (QED) is 0.212. The Kier molecular flexibility index (Phi) is 10.5. The highest BCUT2D eigenvalue weighted by Gasteiger charge is 2.19. The first kappa shape index (κ1) is 25.6. The zero-order valence-corrected chi connectivity index (χ0v) is 19.8. The summed E-state index contributed by atoms with van der Waals surface area (Å²) in [6.07, 6.45) is 0. The standard InChI is InChI=1S/C23H30N2O6S/c1-16-13-19(17(2)25(16)10-12-30-4)20(26)14-31-23(28)18-7-5-6-8-21(18)32-15-22(27)24-9-11-29-3/h5-8,13H,9-12,14-15H2,1-4H3,(H,24,27). The van der Waals surface area contributed by atoms with Crippen molar-refractivity contribution >= 4 is 29.4 Å². The summed E-state index contributed by atoms with van der Waals surface area (Å²) in [5.74, 6) is -0.873. The van der Waals surface area contributed by atoms with Gasteiger partial charge in [-0.2, -0.15) is 0 Å². The maximum atomic E-state index is 12.7. The van der Waals surface area contributed by atoms with Gasteiger partial charge in [0, 0.05) is 49.2 Å². The maximum Gasteiger partial charge on any atom is 0.339 e. The van der Waals surface area contributed by atoms with Crippen LogP contribution in [0.3, 0.4) is 0 Å². The molecule has 174 valence electrons. The summed E-state index contributed by atoms with van der Waals surface area (Å²) < 4.78 is 17.3. The monoisotopic (exact) mass is 462 g/mol. The van der Waals surface area contributed by atoms with Gasteiger partial charge in [-0.1, -0.05) is 12.1 Å². The van der Waals surface area contributed by atoms with Crippen molar-refractivity contribution in [2.75, 3.05) is 46.3 Å². The molecule has 2 rings (SSSR count). The average Bonchev–Trinajstić information content (AvgIpc) is 3.08. The van der Waals surface area contributed by atoms with E-state index in [4.69, 9.17) is 14.2 Å². The van der Waals surface area contributed by atoms with Gasteiger partial charge in [0.15, 0.2) is 6.61 Å². The first-order chi connectivity index (χ1) is 15.4. The van der Waals surface area contributed by atoms with Gasteiger partial charge in [0.25, 0.3) is 0 Å². The van der Waals surface area contributed by atoms with Gasteiger partial charge in [-0.15, -0.1) is 11.8 Å². The predicted octanol–water partition coefficient (Wildman–Crippen LogP) is 2.65. The number of rotatable bonds is 13. The van der Waals surface area contributed by atoms with Crippen LogP contribution in [0.5, 0.6) is 0 Å².